The van der Waals surface area contributed by atoms with Crippen molar-refractivity contribution in [2.24, 2.45) is 0 Å². The molecule has 2 aromatic rings. The van der Waals surface area contributed by atoms with Crippen LogP contribution >= 0.6 is 11.3 Å². The van der Waals surface area contributed by atoms with Gasteiger partial charge in [0.25, 0.3) is 10.2 Å². The summed E-state index contributed by atoms with van der Waals surface area (Å²) in [5.74, 6) is 0. The van der Waals surface area contributed by atoms with Crippen LogP contribution in [0.3, 0.4) is 0 Å². The Morgan fingerprint density at radius 2 is 2.23 bits per heavy atom. The van der Waals surface area contributed by atoms with Crippen LogP contribution in [0.15, 0.2) is 29.6 Å². The van der Waals surface area contributed by atoms with Crippen LogP contribution in [0.4, 0.5) is 0 Å². The smallest absolute Gasteiger partial charge is 0.279 e. The lowest BCUT2D eigenvalue weighted by Crippen LogP contribution is -2.49. The molecule has 1 saturated heterocycles. The average molecular weight is 340 g/mol. The van der Waals surface area contributed by atoms with E-state index in [-0.39, 0.29) is 6.10 Å². The molecule has 0 aliphatic carbocycles. The molecule has 1 N–H and O–H groups in total. The quantitative estimate of drug-likeness (QED) is 0.906. The fourth-order valence-electron chi connectivity index (χ4n) is 2.64. The Bertz CT molecular complexity index is 742. The summed E-state index contributed by atoms with van der Waals surface area (Å²) in [6.45, 7) is 3.59. The fraction of sp³-hybridized carbons (Fsp3) is 0.467. The number of nitrogens with zero attached hydrogens (tertiary/aromatic N) is 1. The predicted molar refractivity (Wildman–Crippen MR) is 89.4 cm³/mol. The molecule has 0 saturated carbocycles. The largest absolute Gasteiger partial charge is 0.376 e. The van der Waals surface area contributed by atoms with E-state index in [1.807, 2.05) is 19.1 Å². The van der Waals surface area contributed by atoms with Gasteiger partial charge in [0, 0.05) is 24.3 Å². The highest BCUT2D eigenvalue weighted by Crippen LogP contribution is 2.25. The molecule has 3 rings (SSSR count). The van der Waals surface area contributed by atoms with Gasteiger partial charge in [0.05, 0.1) is 12.7 Å². The molecule has 7 heteroatoms. The van der Waals surface area contributed by atoms with Gasteiger partial charge in [-0.15, -0.1) is 11.3 Å². The van der Waals surface area contributed by atoms with E-state index in [0.29, 0.717) is 32.7 Å². The van der Waals surface area contributed by atoms with Gasteiger partial charge >= 0.3 is 0 Å². The van der Waals surface area contributed by atoms with Crippen molar-refractivity contribution in [2.45, 2.75) is 19.4 Å². The molecule has 22 heavy (non-hydrogen) atoms. The van der Waals surface area contributed by atoms with E-state index in [1.165, 1.54) is 20.0 Å². The zero-order chi connectivity index (χ0) is 15.6. The molecule has 0 unspecified atom stereocenters. The summed E-state index contributed by atoms with van der Waals surface area (Å²) in [4.78, 5) is 0. The monoisotopic (exact) mass is 340 g/mol. The van der Waals surface area contributed by atoms with E-state index in [2.05, 4.69) is 22.2 Å². The van der Waals surface area contributed by atoms with Crippen molar-refractivity contribution in [1.29, 1.82) is 0 Å². The first-order chi connectivity index (χ1) is 10.6. The van der Waals surface area contributed by atoms with Crippen LogP contribution in [0, 0.1) is 0 Å². The van der Waals surface area contributed by atoms with Gasteiger partial charge in [0.1, 0.15) is 0 Å². The Labute approximate surface area is 135 Å². The number of hydrogen-bond acceptors (Lipinski definition) is 4. The second-order valence-corrected chi connectivity index (χ2v) is 8.11. The van der Waals surface area contributed by atoms with Crippen molar-refractivity contribution in [3.05, 3.63) is 35.2 Å². The minimum absolute atomic E-state index is 0.0499. The molecule has 120 valence electrons. The molecule has 0 radical (unpaired) electrons. The maximum Gasteiger partial charge on any atom is 0.279 e. The molecular formula is C15H20N2O3S2. The van der Waals surface area contributed by atoms with Gasteiger partial charge in [0.15, 0.2) is 0 Å². The van der Waals surface area contributed by atoms with Crippen LogP contribution in [-0.2, 0) is 21.4 Å². The first kappa shape index (κ1) is 15.9. The van der Waals surface area contributed by atoms with E-state index < -0.39 is 10.2 Å². The molecule has 1 aliphatic heterocycles. The van der Waals surface area contributed by atoms with Crippen LogP contribution < -0.4 is 4.72 Å². The van der Waals surface area contributed by atoms with Gasteiger partial charge in [-0.3, -0.25) is 0 Å². The Kier molecular flexibility index (Phi) is 4.79. The number of rotatable bonds is 5. The van der Waals surface area contributed by atoms with Crippen LogP contribution in [-0.4, -0.2) is 45.1 Å². The first-order valence-electron chi connectivity index (χ1n) is 7.38. The van der Waals surface area contributed by atoms with Crippen LogP contribution in [0.5, 0.6) is 0 Å². The van der Waals surface area contributed by atoms with Crippen molar-refractivity contribution < 1.29 is 13.2 Å². The van der Waals surface area contributed by atoms with E-state index in [9.17, 15) is 8.42 Å². The van der Waals surface area contributed by atoms with Crippen LogP contribution in [0.25, 0.3) is 10.1 Å². The summed E-state index contributed by atoms with van der Waals surface area (Å²) in [5, 5.41) is 3.32. The maximum atomic E-state index is 12.3. The second-order valence-electron chi connectivity index (χ2n) is 5.45. The van der Waals surface area contributed by atoms with E-state index in [1.54, 1.807) is 11.3 Å². The number of fused-ring (bicyclic) bond motifs is 1. The number of morpholine rings is 1. The van der Waals surface area contributed by atoms with Crippen molar-refractivity contribution in [3.8, 4) is 0 Å². The van der Waals surface area contributed by atoms with Gasteiger partial charge in [-0.2, -0.15) is 12.7 Å². The lowest BCUT2D eigenvalue weighted by atomic mass is 10.1. The number of ether oxygens (including phenoxy) is 1. The molecule has 1 aromatic carbocycles. The van der Waals surface area contributed by atoms with Gasteiger partial charge in [0.2, 0.25) is 0 Å². The van der Waals surface area contributed by atoms with E-state index in [0.717, 1.165) is 0 Å². The Hall–Kier alpha value is -0.990. The summed E-state index contributed by atoms with van der Waals surface area (Å²) in [5.41, 5.74) is 1.19. The lowest BCUT2D eigenvalue weighted by Gasteiger charge is -2.30. The zero-order valence-electron chi connectivity index (χ0n) is 12.5. The maximum absolute atomic E-state index is 12.3. The molecule has 1 aromatic heterocycles. The number of nitrogens with one attached hydrogen (secondary N) is 1. The third-order valence-electron chi connectivity index (χ3n) is 3.78. The standard InChI is InChI=1S/C15H20N2O3S2/c1-12-10-17(8-9-20-12)22(18,19)16-7-6-13-11-21-15-5-3-2-4-14(13)15/h2-5,11-12,16H,6-10H2,1H3/t12-/m0/s1. The summed E-state index contributed by atoms with van der Waals surface area (Å²) >= 11 is 1.70. The third kappa shape index (κ3) is 3.49. The van der Waals surface area contributed by atoms with E-state index >= 15 is 0 Å². The van der Waals surface area contributed by atoms with Gasteiger partial charge in [-0.05, 0) is 35.7 Å². The molecule has 5 nitrogen and oxygen atoms in total. The highest BCUT2D eigenvalue weighted by Gasteiger charge is 2.26. The highest BCUT2D eigenvalue weighted by atomic mass is 32.2. The Morgan fingerprint density at radius 3 is 3.05 bits per heavy atom. The molecular weight excluding hydrogens is 320 g/mol. The summed E-state index contributed by atoms with van der Waals surface area (Å²) < 4.78 is 35.4. The van der Waals surface area contributed by atoms with Gasteiger partial charge in [-0.25, -0.2) is 4.72 Å². The topological polar surface area (TPSA) is 58.6 Å². The third-order valence-corrected chi connectivity index (χ3v) is 6.38. The number of thiophene rings is 1. The second kappa shape index (κ2) is 6.64. The summed E-state index contributed by atoms with van der Waals surface area (Å²) in [6.07, 6.45) is 0.648. The van der Waals surface area contributed by atoms with Crippen molar-refractivity contribution >= 4 is 31.6 Å². The molecule has 0 amide bonds. The molecule has 1 atom stereocenters. The highest BCUT2D eigenvalue weighted by molar-refractivity contribution is 7.87. The van der Waals surface area contributed by atoms with Gasteiger partial charge < -0.3 is 4.74 Å². The molecule has 1 fully saturated rings. The minimum atomic E-state index is -3.42. The number of benzene rings is 1. The minimum Gasteiger partial charge on any atom is -0.376 e. The zero-order valence-corrected chi connectivity index (χ0v) is 14.1. The van der Waals surface area contributed by atoms with Crippen LogP contribution in [0.2, 0.25) is 0 Å². The lowest BCUT2D eigenvalue weighted by molar-refractivity contribution is 0.00979. The van der Waals surface area contributed by atoms with Crippen molar-refractivity contribution in [1.82, 2.24) is 9.03 Å². The Balaban J connectivity index is 1.60. The van der Waals surface area contributed by atoms with Crippen molar-refractivity contribution in [3.63, 3.8) is 0 Å². The predicted octanol–water partition coefficient (Wildman–Crippen LogP) is 2.00. The fourth-order valence-corrected chi connectivity index (χ4v) is 4.90. The van der Waals surface area contributed by atoms with E-state index in [4.69, 9.17) is 4.74 Å². The summed E-state index contributed by atoms with van der Waals surface area (Å²) in [7, 11) is -3.42. The van der Waals surface area contributed by atoms with Crippen LogP contribution in [0.1, 0.15) is 12.5 Å². The normalized spacial score (nSPS) is 20.5. The first-order valence-corrected chi connectivity index (χ1v) is 9.70. The SMILES string of the molecule is C[C@H]1CN(S(=O)(=O)NCCc2csc3ccccc23)CCO1. The summed E-state index contributed by atoms with van der Waals surface area (Å²) in [6, 6.07) is 8.20. The Morgan fingerprint density at radius 1 is 1.41 bits per heavy atom. The molecule has 0 bridgehead atoms. The molecule has 0 spiro atoms. The van der Waals surface area contributed by atoms with Gasteiger partial charge in [-0.1, -0.05) is 18.2 Å². The van der Waals surface area contributed by atoms with Crippen molar-refractivity contribution in [2.75, 3.05) is 26.2 Å². The number of hydrogen-bond donors (Lipinski definition) is 1. The average Bonchev–Trinajstić information content (AvgIpc) is 2.91. The molecule has 2 heterocycles. The molecule has 1 aliphatic rings.